The average molecular weight is 353 g/mol. The smallest absolute Gasteiger partial charge is 0.277 e. The molecule has 0 saturated heterocycles. The fraction of sp³-hybridized carbons (Fsp3) is 0.125. The highest BCUT2D eigenvalue weighted by atomic mass is 35.5. The van der Waals surface area contributed by atoms with Crippen LogP contribution in [0.2, 0.25) is 10.0 Å². The van der Waals surface area contributed by atoms with Crippen molar-refractivity contribution in [3.8, 4) is 11.5 Å². The third-order valence-electron chi connectivity index (χ3n) is 2.83. The minimum Gasteiger partial charge on any atom is -0.507 e. The van der Waals surface area contributed by atoms with Crippen LogP contribution in [0, 0.1) is 6.92 Å². The number of nitrogens with one attached hydrogen (secondary N) is 1. The number of ether oxygens (including phenoxy) is 1. The molecule has 0 saturated carbocycles. The van der Waals surface area contributed by atoms with Crippen molar-refractivity contribution in [3.63, 3.8) is 0 Å². The van der Waals surface area contributed by atoms with Gasteiger partial charge in [0.2, 0.25) is 0 Å². The molecular formula is C16H14Cl2N2O3. The summed E-state index contributed by atoms with van der Waals surface area (Å²) in [6.45, 7) is 1.61. The second kappa shape index (κ2) is 7.85. The molecule has 23 heavy (non-hydrogen) atoms. The van der Waals surface area contributed by atoms with Crippen LogP contribution in [-0.2, 0) is 4.79 Å². The molecule has 0 aliphatic rings. The number of rotatable bonds is 5. The average Bonchev–Trinajstić information content (AvgIpc) is 2.48. The number of amides is 1. The summed E-state index contributed by atoms with van der Waals surface area (Å²) in [4.78, 5) is 11.6. The molecule has 0 radical (unpaired) electrons. The van der Waals surface area contributed by atoms with Crippen LogP contribution >= 0.6 is 23.2 Å². The van der Waals surface area contributed by atoms with Gasteiger partial charge in [-0.25, -0.2) is 5.43 Å². The van der Waals surface area contributed by atoms with Crippen LogP contribution < -0.4 is 10.2 Å². The van der Waals surface area contributed by atoms with Crippen LogP contribution in [-0.4, -0.2) is 23.8 Å². The standard InChI is InChI=1S/C16H14Cl2N2O3/c1-10-2-3-11(14(21)6-10)8-19-20-16(22)9-23-15-5-4-12(17)7-13(15)18/h2-8,21H,9H2,1H3,(H,20,22). The minimum atomic E-state index is -0.459. The van der Waals surface area contributed by atoms with Crippen molar-refractivity contribution in [2.75, 3.05) is 6.61 Å². The quantitative estimate of drug-likeness (QED) is 0.638. The fourth-order valence-corrected chi connectivity index (χ4v) is 2.17. The van der Waals surface area contributed by atoms with Crippen LogP contribution in [0.5, 0.6) is 11.5 Å². The number of carbonyl (C=O) groups excluding carboxylic acids is 1. The molecule has 2 aromatic rings. The number of hydrazone groups is 1. The first-order valence-corrected chi connectivity index (χ1v) is 7.40. The van der Waals surface area contributed by atoms with Crippen LogP contribution in [0.3, 0.4) is 0 Å². The summed E-state index contributed by atoms with van der Waals surface area (Å²) in [7, 11) is 0. The first kappa shape index (κ1) is 17.1. The van der Waals surface area contributed by atoms with Gasteiger partial charge in [-0.1, -0.05) is 29.3 Å². The predicted octanol–water partition coefficient (Wildman–Crippen LogP) is 3.54. The van der Waals surface area contributed by atoms with Crippen LogP contribution in [0.15, 0.2) is 41.5 Å². The molecule has 5 nitrogen and oxygen atoms in total. The molecule has 0 fully saturated rings. The van der Waals surface area contributed by atoms with Gasteiger partial charge in [-0.2, -0.15) is 5.10 Å². The molecule has 0 aromatic heterocycles. The number of benzene rings is 2. The SMILES string of the molecule is Cc1ccc(C=NNC(=O)COc2ccc(Cl)cc2Cl)c(O)c1. The van der Waals surface area contributed by atoms with Crippen molar-refractivity contribution in [1.82, 2.24) is 5.43 Å². The molecule has 0 aliphatic heterocycles. The lowest BCUT2D eigenvalue weighted by molar-refractivity contribution is -0.123. The van der Waals surface area contributed by atoms with Gasteiger partial charge in [-0.3, -0.25) is 4.79 Å². The maximum absolute atomic E-state index is 11.6. The van der Waals surface area contributed by atoms with Crippen molar-refractivity contribution in [2.24, 2.45) is 5.10 Å². The van der Waals surface area contributed by atoms with E-state index in [-0.39, 0.29) is 12.4 Å². The third-order valence-corrected chi connectivity index (χ3v) is 3.36. The van der Waals surface area contributed by atoms with Crippen molar-refractivity contribution < 1.29 is 14.6 Å². The predicted molar refractivity (Wildman–Crippen MR) is 90.5 cm³/mol. The first-order valence-electron chi connectivity index (χ1n) is 6.65. The molecule has 2 N–H and O–H groups in total. The molecule has 0 bridgehead atoms. The Morgan fingerprint density at radius 3 is 2.78 bits per heavy atom. The molecule has 2 rings (SSSR count). The monoisotopic (exact) mass is 352 g/mol. The van der Waals surface area contributed by atoms with Crippen molar-refractivity contribution in [3.05, 3.63) is 57.6 Å². The van der Waals surface area contributed by atoms with Gasteiger partial charge in [-0.15, -0.1) is 0 Å². The fourth-order valence-electron chi connectivity index (χ4n) is 1.70. The number of hydrogen-bond acceptors (Lipinski definition) is 4. The molecule has 0 aliphatic carbocycles. The van der Waals surface area contributed by atoms with Gasteiger partial charge in [0.1, 0.15) is 11.5 Å². The Bertz CT molecular complexity index is 748. The Morgan fingerprint density at radius 1 is 1.30 bits per heavy atom. The van der Waals surface area contributed by atoms with Crippen LogP contribution in [0.1, 0.15) is 11.1 Å². The normalized spacial score (nSPS) is 10.7. The molecule has 7 heteroatoms. The second-order valence-electron chi connectivity index (χ2n) is 4.72. The summed E-state index contributed by atoms with van der Waals surface area (Å²) in [5.74, 6) is -0.0163. The summed E-state index contributed by atoms with van der Waals surface area (Å²) in [6.07, 6.45) is 1.35. The Hall–Kier alpha value is -2.24. The number of nitrogens with zero attached hydrogens (tertiary/aromatic N) is 1. The van der Waals surface area contributed by atoms with E-state index < -0.39 is 5.91 Å². The van der Waals surface area contributed by atoms with Crippen LogP contribution in [0.4, 0.5) is 0 Å². The zero-order valence-corrected chi connectivity index (χ0v) is 13.7. The lowest BCUT2D eigenvalue weighted by Gasteiger charge is -2.07. The van der Waals surface area contributed by atoms with E-state index in [1.807, 2.05) is 13.0 Å². The summed E-state index contributed by atoms with van der Waals surface area (Å²) in [6, 6.07) is 9.84. The largest absolute Gasteiger partial charge is 0.507 e. The molecule has 120 valence electrons. The van der Waals surface area contributed by atoms with Crippen molar-refractivity contribution in [1.29, 1.82) is 0 Å². The molecule has 0 spiro atoms. The second-order valence-corrected chi connectivity index (χ2v) is 5.56. The van der Waals surface area contributed by atoms with Crippen molar-refractivity contribution in [2.45, 2.75) is 6.92 Å². The van der Waals surface area contributed by atoms with E-state index in [0.29, 0.717) is 21.4 Å². The molecule has 2 aromatic carbocycles. The van der Waals surface area contributed by atoms with E-state index in [1.54, 1.807) is 24.3 Å². The Morgan fingerprint density at radius 2 is 2.09 bits per heavy atom. The molecule has 1 amide bonds. The molecular weight excluding hydrogens is 339 g/mol. The maximum atomic E-state index is 11.6. The van der Waals surface area contributed by atoms with Gasteiger partial charge in [0.25, 0.3) is 5.91 Å². The van der Waals surface area contributed by atoms with Gasteiger partial charge in [0.15, 0.2) is 6.61 Å². The van der Waals surface area contributed by atoms with E-state index in [4.69, 9.17) is 27.9 Å². The van der Waals surface area contributed by atoms with E-state index in [2.05, 4.69) is 10.5 Å². The highest BCUT2D eigenvalue weighted by Crippen LogP contribution is 2.27. The number of carbonyl (C=O) groups is 1. The number of phenolic OH excluding ortho intramolecular Hbond substituents is 1. The summed E-state index contributed by atoms with van der Waals surface area (Å²) < 4.78 is 5.27. The van der Waals surface area contributed by atoms with Gasteiger partial charge in [-0.05, 0) is 42.8 Å². The number of hydrogen-bond donors (Lipinski definition) is 2. The van der Waals surface area contributed by atoms with Gasteiger partial charge in [0.05, 0.1) is 11.2 Å². The highest BCUT2D eigenvalue weighted by Gasteiger charge is 2.06. The van der Waals surface area contributed by atoms with E-state index in [9.17, 15) is 9.90 Å². The Kier molecular flexibility index (Phi) is 5.84. The molecule has 0 heterocycles. The van der Waals surface area contributed by atoms with Crippen LogP contribution in [0.25, 0.3) is 0 Å². The first-order chi connectivity index (χ1) is 11.0. The Labute approximate surface area is 143 Å². The lowest BCUT2D eigenvalue weighted by atomic mass is 10.1. The molecule has 0 atom stereocenters. The highest BCUT2D eigenvalue weighted by molar-refractivity contribution is 6.35. The Balaban J connectivity index is 1.86. The van der Waals surface area contributed by atoms with Gasteiger partial charge in [0, 0.05) is 10.6 Å². The number of phenols is 1. The van der Waals surface area contributed by atoms with Gasteiger partial charge >= 0.3 is 0 Å². The lowest BCUT2D eigenvalue weighted by Crippen LogP contribution is -2.24. The minimum absolute atomic E-state index is 0.0900. The number of aryl methyl sites for hydroxylation is 1. The summed E-state index contributed by atoms with van der Waals surface area (Å²) in [5.41, 5.74) is 3.72. The maximum Gasteiger partial charge on any atom is 0.277 e. The van der Waals surface area contributed by atoms with Gasteiger partial charge < -0.3 is 9.84 Å². The van der Waals surface area contributed by atoms with Crippen molar-refractivity contribution >= 4 is 35.3 Å². The summed E-state index contributed by atoms with van der Waals surface area (Å²) >= 11 is 11.7. The number of aromatic hydroxyl groups is 1. The third kappa shape index (κ3) is 5.16. The zero-order chi connectivity index (χ0) is 16.8. The summed E-state index contributed by atoms with van der Waals surface area (Å²) in [5, 5.41) is 14.3. The molecule has 0 unspecified atom stereocenters. The topological polar surface area (TPSA) is 70.9 Å². The zero-order valence-electron chi connectivity index (χ0n) is 12.2. The van der Waals surface area contributed by atoms with E-state index >= 15 is 0 Å². The number of halogens is 2. The van der Waals surface area contributed by atoms with E-state index in [0.717, 1.165) is 5.56 Å². The van der Waals surface area contributed by atoms with E-state index in [1.165, 1.54) is 12.3 Å².